The second-order valence-corrected chi connectivity index (χ2v) is 7.13. The van der Waals surface area contributed by atoms with Gasteiger partial charge >= 0.3 is 7.12 Å². The van der Waals surface area contributed by atoms with Gasteiger partial charge in [0.15, 0.2) is 0 Å². The third-order valence-corrected chi connectivity index (χ3v) is 4.53. The van der Waals surface area contributed by atoms with Gasteiger partial charge in [-0.25, -0.2) is 0 Å². The summed E-state index contributed by atoms with van der Waals surface area (Å²) in [7, 11) is -0.465. The molecule has 0 bridgehead atoms. The van der Waals surface area contributed by atoms with Crippen molar-refractivity contribution in [3.8, 4) is 0 Å². The summed E-state index contributed by atoms with van der Waals surface area (Å²) in [5.74, 6) is -0.0728. The average molecular weight is 315 g/mol. The molecule has 0 radical (unpaired) electrons. The number of rotatable bonds is 4. The lowest BCUT2D eigenvalue weighted by Gasteiger charge is -2.32. The van der Waals surface area contributed by atoms with Gasteiger partial charge in [-0.3, -0.25) is 4.79 Å². The first kappa shape index (κ1) is 17.8. The molecular formula is C18H26BNO3. The summed E-state index contributed by atoms with van der Waals surface area (Å²) < 4.78 is 12.2. The monoisotopic (exact) mass is 315 g/mol. The Balaban J connectivity index is 2.28. The minimum Gasteiger partial charge on any atom is -0.400 e. The predicted octanol–water partition coefficient (Wildman–Crippen LogP) is 3.15. The van der Waals surface area contributed by atoms with Crippen LogP contribution in [0.1, 0.15) is 45.7 Å². The highest BCUT2D eigenvalue weighted by atomic mass is 16.7. The molecule has 1 aromatic rings. The summed E-state index contributed by atoms with van der Waals surface area (Å²) >= 11 is 0. The lowest BCUT2D eigenvalue weighted by atomic mass is 9.77. The van der Waals surface area contributed by atoms with Crippen LogP contribution in [0.3, 0.4) is 0 Å². The van der Waals surface area contributed by atoms with E-state index in [2.05, 4.69) is 24.4 Å². The third-order valence-electron chi connectivity index (χ3n) is 4.53. The van der Waals surface area contributed by atoms with Crippen molar-refractivity contribution < 1.29 is 14.1 Å². The molecule has 124 valence electrons. The fourth-order valence-electron chi connectivity index (χ4n) is 2.30. The van der Waals surface area contributed by atoms with Crippen LogP contribution in [0.5, 0.6) is 0 Å². The van der Waals surface area contributed by atoms with Crippen LogP contribution >= 0.6 is 0 Å². The van der Waals surface area contributed by atoms with Gasteiger partial charge in [-0.05, 0) is 45.7 Å². The second-order valence-electron chi connectivity index (χ2n) is 7.13. The van der Waals surface area contributed by atoms with E-state index in [1.807, 2.05) is 45.9 Å². The van der Waals surface area contributed by atoms with Crippen LogP contribution < -0.4 is 5.32 Å². The van der Waals surface area contributed by atoms with Gasteiger partial charge in [0.2, 0.25) is 5.91 Å². The molecule has 0 spiro atoms. The Morgan fingerprint density at radius 2 is 1.65 bits per heavy atom. The summed E-state index contributed by atoms with van der Waals surface area (Å²) in [6.07, 6.45) is 2.03. The molecule has 1 aromatic carbocycles. The molecule has 1 fully saturated rings. The Morgan fingerprint density at radius 3 is 2.13 bits per heavy atom. The van der Waals surface area contributed by atoms with Gasteiger partial charge in [-0.15, -0.1) is 0 Å². The lowest BCUT2D eigenvalue weighted by molar-refractivity contribution is -0.118. The van der Waals surface area contributed by atoms with Crippen molar-refractivity contribution in [2.45, 2.75) is 52.7 Å². The normalized spacial score (nSPS) is 19.7. The molecule has 1 saturated heterocycles. The van der Waals surface area contributed by atoms with Crippen molar-refractivity contribution in [2.75, 3.05) is 6.54 Å². The van der Waals surface area contributed by atoms with Crippen LogP contribution in [-0.4, -0.2) is 30.8 Å². The first-order valence-corrected chi connectivity index (χ1v) is 7.98. The highest BCUT2D eigenvalue weighted by molar-refractivity contribution is 6.56. The molecule has 0 atom stereocenters. The molecule has 0 aromatic heterocycles. The number of carbonyl (C=O) groups is 1. The number of benzene rings is 1. The highest BCUT2D eigenvalue weighted by Gasteiger charge is 2.52. The Bertz CT molecular complexity index is 589. The van der Waals surface area contributed by atoms with Crippen LogP contribution in [-0.2, 0) is 14.1 Å². The molecule has 4 nitrogen and oxygen atoms in total. The average Bonchev–Trinajstić information content (AvgIpc) is 2.65. The van der Waals surface area contributed by atoms with E-state index in [1.54, 1.807) is 0 Å². The van der Waals surface area contributed by atoms with Crippen LogP contribution in [0.15, 0.2) is 29.7 Å². The molecule has 0 aliphatic carbocycles. The molecule has 5 heteroatoms. The first-order chi connectivity index (χ1) is 10.6. The van der Waals surface area contributed by atoms with E-state index in [4.69, 9.17) is 9.31 Å². The van der Waals surface area contributed by atoms with E-state index in [-0.39, 0.29) is 5.91 Å². The second kappa shape index (κ2) is 6.50. The number of amides is 1. The van der Waals surface area contributed by atoms with E-state index in [1.165, 1.54) is 12.5 Å². The van der Waals surface area contributed by atoms with E-state index < -0.39 is 18.3 Å². The molecule has 0 unspecified atom stereocenters. The summed E-state index contributed by atoms with van der Waals surface area (Å²) in [4.78, 5) is 11.3. The van der Waals surface area contributed by atoms with Crippen molar-refractivity contribution in [1.29, 1.82) is 0 Å². The van der Waals surface area contributed by atoms with E-state index in [9.17, 15) is 4.79 Å². The number of hydrogen-bond acceptors (Lipinski definition) is 3. The lowest BCUT2D eigenvalue weighted by Crippen LogP contribution is -2.41. The Hall–Kier alpha value is -1.59. The summed E-state index contributed by atoms with van der Waals surface area (Å²) in [5.41, 5.74) is 2.37. The Labute approximate surface area is 139 Å². The summed E-state index contributed by atoms with van der Waals surface area (Å²) in [6.45, 7) is 12.1. The molecule has 1 heterocycles. The molecule has 0 saturated carbocycles. The van der Waals surface area contributed by atoms with Crippen molar-refractivity contribution in [3.63, 3.8) is 0 Å². The molecule has 1 aliphatic heterocycles. The predicted molar refractivity (Wildman–Crippen MR) is 93.9 cm³/mol. The maximum absolute atomic E-state index is 11.3. The van der Waals surface area contributed by atoms with Gasteiger partial charge in [0.1, 0.15) is 0 Å². The van der Waals surface area contributed by atoms with Crippen molar-refractivity contribution in [2.24, 2.45) is 0 Å². The van der Waals surface area contributed by atoms with Gasteiger partial charge < -0.3 is 14.6 Å². The van der Waals surface area contributed by atoms with Gasteiger partial charge in [0, 0.05) is 13.5 Å². The quantitative estimate of drug-likeness (QED) is 0.868. The van der Waals surface area contributed by atoms with Crippen LogP contribution in [0.4, 0.5) is 0 Å². The van der Waals surface area contributed by atoms with E-state index in [0.717, 1.165) is 11.0 Å². The number of nitrogens with one attached hydrogen (secondary N) is 1. The van der Waals surface area contributed by atoms with Crippen LogP contribution in [0.25, 0.3) is 6.08 Å². The topological polar surface area (TPSA) is 47.6 Å². The van der Waals surface area contributed by atoms with Gasteiger partial charge in [-0.1, -0.05) is 35.9 Å². The molecular weight excluding hydrogens is 289 g/mol. The number of hydrogen-bond donors (Lipinski definition) is 1. The number of aryl methyl sites for hydroxylation is 1. The molecule has 1 amide bonds. The van der Waals surface area contributed by atoms with Crippen molar-refractivity contribution in [3.05, 3.63) is 40.9 Å². The standard InChI is InChI=1S/C18H26BNO3/c1-13-7-9-15(10-8-13)11-16(12-20-14(2)21)19-22-17(3,4)18(5,6)23-19/h7-11H,12H2,1-6H3,(H,20,21). The van der Waals surface area contributed by atoms with Crippen molar-refractivity contribution >= 4 is 19.1 Å². The zero-order chi connectivity index (χ0) is 17.3. The van der Waals surface area contributed by atoms with Crippen LogP contribution in [0.2, 0.25) is 0 Å². The largest absolute Gasteiger partial charge is 0.492 e. The Kier molecular flexibility index (Phi) is 5.02. The molecule has 1 N–H and O–H groups in total. The van der Waals surface area contributed by atoms with Gasteiger partial charge in [-0.2, -0.15) is 0 Å². The highest BCUT2D eigenvalue weighted by Crippen LogP contribution is 2.38. The summed E-state index contributed by atoms with van der Waals surface area (Å²) in [6, 6.07) is 8.22. The van der Waals surface area contributed by atoms with Gasteiger partial charge in [0.25, 0.3) is 0 Å². The van der Waals surface area contributed by atoms with Crippen molar-refractivity contribution in [1.82, 2.24) is 5.32 Å². The molecule has 1 aliphatic rings. The number of carbonyl (C=O) groups excluding carboxylic acids is 1. The van der Waals surface area contributed by atoms with E-state index >= 15 is 0 Å². The van der Waals surface area contributed by atoms with Crippen LogP contribution in [0, 0.1) is 6.92 Å². The first-order valence-electron chi connectivity index (χ1n) is 7.98. The minimum absolute atomic E-state index is 0.0728. The zero-order valence-electron chi connectivity index (χ0n) is 14.9. The van der Waals surface area contributed by atoms with E-state index in [0.29, 0.717) is 6.54 Å². The summed E-state index contributed by atoms with van der Waals surface area (Å²) in [5, 5.41) is 2.84. The smallest absolute Gasteiger partial charge is 0.400 e. The fourth-order valence-corrected chi connectivity index (χ4v) is 2.30. The maximum atomic E-state index is 11.3. The molecule has 23 heavy (non-hydrogen) atoms. The minimum atomic E-state index is -0.465. The molecule has 2 rings (SSSR count). The van der Waals surface area contributed by atoms with Gasteiger partial charge in [0.05, 0.1) is 11.2 Å². The maximum Gasteiger partial charge on any atom is 0.492 e. The third kappa shape index (κ3) is 4.24. The zero-order valence-corrected chi connectivity index (χ0v) is 14.9. The Morgan fingerprint density at radius 1 is 1.13 bits per heavy atom. The SMILES string of the molecule is CC(=O)NCC(=Cc1ccc(C)cc1)B1OC(C)(C)C(C)(C)O1. The fraction of sp³-hybridized carbons (Fsp3) is 0.500.